The fourth-order valence-electron chi connectivity index (χ4n) is 2.13. The van der Waals surface area contributed by atoms with Gasteiger partial charge in [0.05, 0.1) is 0 Å². The molecule has 1 heterocycles. The van der Waals surface area contributed by atoms with Gasteiger partial charge in [0.1, 0.15) is 12.3 Å². The van der Waals surface area contributed by atoms with Gasteiger partial charge in [-0.15, -0.1) is 0 Å². The number of fused-ring (bicyclic) bond motifs is 1. The SMILES string of the molecule is NC(=O)c1cc2ccccc2c(OCc2ccccc2)n1. The smallest absolute Gasteiger partial charge is 0.267 e. The number of hydrogen-bond donors (Lipinski definition) is 1. The molecule has 0 atom stereocenters. The molecule has 104 valence electrons. The summed E-state index contributed by atoms with van der Waals surface area (Å²) in [5.74, 6) is -0.143. The van der Waals surface area contributed by atoms with E-state index in [1.165, 1.54) is 0 Å². The number of nitrogens with zero attached hydrogens (tertiary/aromatic N) is 1. The average molecular weight is 278 g/mol. The van der Waals surface area contributed by atoms with Crippen molar-refractivity contribution in [3.05, 3.63) is 71.9 Å². The monoisotopic (exact) mass is 278 g/mol. The summed E-state index contributed by atoms with van der Waals surface area (Å²) in [4.78, 5) is 15.6. The van der Waals surface area contributed by atoms with Gasteiger partial charge in [-0.25, -0.2) is 4.98 Å². The summed E-state index contributed by atoms with van der Waals surface area (Å²) < 4.78 is 5.78. The Labute approximate surface area is 122 Å². The maximum absolute atomic E-state index is 11.4. The quantitative estimate of drug-likeness (QED) is 0.798. The molecule has 3 rings (SSSR count). The largest absolute Gasteiger partial charge is 0.472 e. The first-order valence-electron chi connectivity index (χ1n) is 6.60. The lowest BCUT2D eigenvalue weighted by Gasteiger charge is -2.10. The van der Waals surface area contributed by atoms with Crippen LogP contribution in [0.4, 0.5) is 0 Å². The highest BCUT2D eigenvalue weighted by Gasteiger charge is 2.10. The second-order valence-corrected chi connectivity index (χ2v) is 4.67. The van der Waals surface area contributed by atoms with E-state index in [1.807, 2.05) is 54.6 Å². The lowest BCUT2D eigenvalue weighted by Crippen LogP contribution is -2.13. The summed E-state index contributed by atoms with van der Waals surface area (Å²) in [6.07, 6.45) is 0. The van der Waals surface area contributed by atoms with Crippen LogP contribution in [0.1, 0.15) is 16.1 Å². The van der Waals surface area contributed by atoms with Crippen LogP contribution in [0.15, 0.2) is 60.7 Å². The Morgan fingerprint density at radius 2 is 1.76 bits per heavy atom. The van der Waals surface area contributed by atoms with Crippen LogP contribution in [0.5, 0.6) is 5.88 Å². The van der Waals surface area contributed by atoms with E-state index in [2.05, 4.69) is 4.98 Å². The van der Waals surface area contributed by atoms with Gasteiger partial charge in [0.25, 0.3) is 5.91 Å². The summed E-state index contributed by atoms with van der Waals surface area (Å²) in [5.41, 5.74) is 6.56. The Morgan fingerprint density at radius 3 is 2.52 bits per heavy atom. The van der Waals surface area contributed by atoms with Gasteiger partial charge in [-0.1, -0.05) is 48.5 Å². The molecule has 1 aromatic heterocycles. The second-order valence-electron chi connectivity index (χ2n) is 4.67. The van der Waals surface area contributed by atoms with Crippen LogP contribution < -0.4 is 10.5 Å². The highest BCUT2D eigenvalue weighted by atomic mass is 16.5. The Bertz CT molecular complexity index is 785. The molecule has 0 spiro atoms. The molecule has 2 aromatic carbocycles. The van der Waals surface area contributed by atoms with E-state index >= 15 is 0 Å². The summed E-state index contributed by atoms with van der Waals surface area (Å²) in [6, 6.07) is 19.1. The molecule has 3 aromatic rings. The fourth-order valence-corrected chi connectivity index (χ4v) is 2.13. The minimum Gasteiger partial charge on any atom is -0.472 e. The molecule has 1 amide bonds. The first-order chi connectivity index (χ1) is 10.2. The molecular formula is C17H14N2O2. The number of rotatable bonds is 4. The number of ether oxygens (including phenoxy) is 1. The van der Waals surface area contributed by atoms with Crippen molar-refractivity contribution in [2.24, 2.45) is 5.73 Å². The highest BCUT2D eigenvalue weighted by Crippen LogP contribution is 2.25. The number of nitrogens with two attached hydrogens (primary N) is 1. The number of amides is 1. The lowest BCUT2D eigenvalue weighted by molar-refractivity contribution is 0.0994. The highest BCUT2D eigenvalue weighted by molar-refractivity contribution is 5.97. The van der Waals surface area contributed by atoms with E-state index in [1.54, 1.807) is 6.07 Å². The maximum atomic E-state index is 11.4. The Hall–Kier alpha value is -2.88. The number of aromatic nitrogens is 1. The van der Waals surface area contributed by atoms with Gasteiger partial charge < -0.3 is 10.5 Å². The van der Waals surface area contributed by atoms with Gasteiger partial charge in [-0.3, -0.25) is 4.79 Å². The molecule has 0 aliphatic carbocycles. The Balaban J connectivity index is 1.98. The number of carbonyl (C=O) groups is 1. The molecule has 4 nitrogen and oxygen atoms in total. The van der Waals surface area contributed by atoms with E-state index in [0.717, 1.165) is 16.3 Å². The van der Waals surface area contributed by atoms with E-state index in [0.29, 0.717) is 12.5 Å². The number of benzene rings is 2. The van der Waals surface area contributed by atoms with Gasteiger partial charge in [0, 0.05) is 5.39 Å². The first-order valence-corrected chi connectivity index (χ1v) is 6.60. The third kappa shape index (κ3) is 2.84. The summed E-state index contributed by atoms with van der Waals surface area (Å²) in [6.45, 7) is 0.389. The molecule has 0 radical (unpaired) electrons. The van der Waals surface area contributed by atoms with Gasteiger partial charge in [0.15, 0.2) is 0 Å². The fraction of sp³-hybridized carbons (Fsp3) is 0.0588. The standard InChI is InChI=1S/C17H14N2O2/c18-16(20)15-10-13-8-4-5-9-14(13)17(19-15)21-11-12-6-2-1-3-7-12/h1-10H,11H2,(H2,18,20). The zero-order chi connectivity index (χ0) is 14.7. The van der Waals surface area contributed by atoms with Crippen LogP contribution in [0, 0.1) is 0 Å². The van der Waals surface area contributed by atoms with Gasteiger partial charge in [-0.2, -0.15) is 0 Å². The van der Waals surface area contributed by atoms with E-state index < -0.39 is 5.91 Å². The van der Waals surface area contributed by atoms with E-state index in [-0.39, 0.29) is 5.69 Å². The van der Waals surface area contributed by atoms with Crippen LogP contribution >= 0.6 is 0 Å². The molecule has 0 fully saturated rings. The van der Waals surface area contributed by atoms with E-state index in [9.17, 15) is 4.79 Å². The van der Waals surface area contributed by atoms with Crippen molar-refractivity contribution >= 4 is 16.7 Å². The lowest BCUT2D eigenvalue weighted by atomic mass is 10.1. The van der Waals surface area contributed by atoms with Crippen LogP contribution in [0.3, 0.4) is 0 Å². The van der Waals surface area contributed by atoms with Crippen molar-refractivity contribution in [2.75, 3.05) is 0 Å². The van der Waals surface area contributed by atoms with Crippen LogP contribution in [0.25, 0.3) is 10.8 Å². The summed E-state index contributed by atoms with van der Waals surface area (Å²) in [5, 5.41) is 1.74. The zero-order valence-electron chi connectivity index (χ0n) is 11.3. The molecule has 0 aliphatic heterocycles. The van der Waals surface area contributed by atoms with E-state index in [4.69, 9.17) is 10.5 Å². The summed E-state index contributed by atoms with van der Waals surface area (Å²) in [7, 11) is 0. The average Bonchev–Trinajstić information content (AvgIpc) is 2.53. The molecule has 2 N–H and O–H groups in total. The summed E-state index contributed by atoms with van der Waals surface area (Å²) >= 11 is 0. The predicted molar refractivity (Wildman–Crippen MR) is 81.0 cm³/mol. The van der Waals surface area contributed by atoms with Gasteiger partial charge >= 0.3 is 0 Å². The van der Waals surface area contributed by atoms with Crippen molar-refractivity contribution in [3.8, 4) is 5.88 Å². The first kappa shape index (κ1) is 13.1. The maximum Gasteiger partial charge on any atom is 0.267 e. The normalized spacial score (nSPS) is 10.5. The van der Waals surface area contributed by atoms with Crippen molar-refractivity contribution in [1.29, 1.82) is 0 Å². The molecule has 0 bridgehead atoms. The van der Waals surface area contributed by atoms with Crippen LogP contribution in [0.2, 0.25) is 0 Å². The number of primary amides is 1. The minimum atomic E-state index is -0.565. The molecule has 0 saturated heterocycles. The predicted octanol–water partition coefficient (Wildman–Crippen LogP) is 2.91. The Morgan fingerprint density at radius 1 is 1.05 bits per heavy atom. The number of pyridine rings is 1. The third-order valence-corrected chi connectivity index (χ3v) is 3.18. The molecule has 21 heavy (non-hydrogen) atoms. The number of carbonyl (C=O) groups excluding carboxylic acids is 1. The van der Waals surface area contributed by atoms with Crippen LogP contribution in [-0.2, 0) is 6.61 Å². The molecule has 0 saturated carbocycles. The topological polar surface area (TPSA) is 65.2 Å². The third-order valence-electron chi connectivity index (χ3n) is 3.18. The van der Waals surface area contributed by atoms with Gasteiger partial charge in [-0.05, 0) is 23.1 Å². The molecular weight excluding hydrogens is 264 g/mol. The minimum absolute atomic E-state index is 0.205. The van der Waals surface area contributed by atoms with Gasteiger partial charge in [0.2, 0.25) is 5.88 Å². The van der Waals surface area contributed by atoms with Crippen molar-refractivity contribution in [3.63, 3.8) is 0 Å². The van der Waals surface area contributed by atoms with Crippen molar-refractivity contribution in [2.45, 2.75) is 6.61 Å². The van der Waals surface area contributed by atoms with Crippen LogP contribution in [-0.4, -0.2) is 10.9 Å². The number of hydrogen-bond acceptors (Lipinski definition) is 3. The molecule has 0 aliphatic rings. The zero-order valence-corrected chi connectivity index (χ0v) is 11.3. The second kappa shape index (κ2) is 5.63. The Kier molecular flexibility index (Phi) is 3.51. The molecule has 4 heteroatoms. The van der Waals surface area contributed by atoms with Crippen molar-refractivity contribution < 1.29 is 9.53 Å². The van der Waals surface area contributed by atoms with Crippen molar-refractivity contribution in [1.82, 2.24) is 4.98 Å². The molecule has 0 unspecified atom stereocenters.